The SMILES string of the molecule is CCOc1c(/C(=C/C(=O)OC)C(F)(F)F)cc(C(C)(C)C)cc1C(C)(C)C. The fraction of sp³-hybridized carbons (Fsp3) is 0.571. The first kappa shape index (κ1) is 23.1. The van der Waals surface area contributed by atoms with Gasteiger partial charge in [0.05, 0.1) is 19.3 Å². The number of allylic oxidation sites excluding steroid dienone is 1. The summed E-state index contributed by atoms with van der Waals surface area (Å²) in [7, 11) is 1.04. The number of methoxy groups -OCH3 is 1. The summed E-state index contributed by atoms with van der Waals surface area (Å²) in [6.45, 7) is 13.4. The molecule has 0 aliphatic carbocycles. The van der Waals surface area contributed by atoms with Crippen LogP contribution in [0.5, 0.6) is 5.75 Å². The fourth-order valence-corrected chi connectivity index (χ4v) is 2.61. The van der Waals surface area contributed by atoms with E-state index < -0.39 is 23.1 Å². The van der Waals surface area contributed by atoms with Gasteiger partial charge in [-0.05, 0) is 29.4 Å². The van der Waals surface area contributed by atoms with Crippen LogP contribution in [0.2, 0.25) is 0 Å². The van der Waals surface area contributed by atoms with E-state index in [0.29, 0.717) is 11.6 Å². The molecule has 0 fully saturated rings. The lowest BCUT2D eigenvalue weighted by atomic mass is 9.78. The zero-order chi connectivity index (χ0) is 21.2. The van der Waals surface area contributed by atoms with Crippen molar-refractivity contribution in [1.82, 2.24) is 0 Å². The molecule has 6 heteroatoms. The van der Waals surface area contributed by atoms with Gasteiger partial charge in [0, 0.05) is 17.2 Å². The summed E-state index contributed by atoms with van der Waals surface area (Å²) in [5.74, 6) is -0.922. The lowest BCUT2D eigenvalue weighted by molar-refractivity contribution is -0.135. The number of hydrogen-bond acceptors (Lipinski definition) is 3. The number of esters is 1. The molecule has 0 atom stereocenters. The van der Waals surface area contributed by atoms with Crippen molar-refractivity contribution in [2.45, 2.75) is 65.5 Å². The molecule has 27 heavy (non-hydrogen) atoms. The van der Waals surface area contributed by atoms with Gasteiger partial charge < -0.3 is 9.47 Å². The van der Waals surface area contributed by atoms with Crippen LogP contribution in [-0.2, 0) is 20.4 Å². The number of benzene rings is 1. The number of carbonyl (C=O) groups is 1. The quantitative estimate of drug-likeness (QED) is 0.485. The summed E-state index contributed by atoms with van der Waals surface area (Å²) in [5, 5.41) is 0. The Hall–Kier alpha value is -1.98. The van der Waals surface area contributed by atoms with Gasteiger partial charge in [-0.15, -0.1) is 0 Å². The lowest BCUT2D eigenvalue weighted by Gasteiger charge is -2.30. The molecule has 0 radical (unpaired) electrons. The molecule has 0 heterocycles. The summed E-state index contributed by atoms with van der Waals surface area (Å²) in [6.07, 6.45) is -4.26. The highest BCUT2D eigenvalue weighted by molar-refractivity contribution is 5.94. The number of ether oxygens (including phenoxy) is 2. The van der Waals surface area contributed by atoms with E-state index in [4.69, 9.17) is 4.74 Å². The minimum absolute atomic E-state index is 0.144. The molecular weight excluding hydrogens is 357 g/mol. The molecular formula is C21H29F3O3. The highest BCUT2D eigenvalue weighted by atomic mass is 19.4. The van der Waals surface area contributed by atoms with Gasteiger partial charge in [-0.1, -0.05) is 47.6 Å². The number of hydrogen-bond donors (Lipinski definition) is 0. The maximum Gasteiger partial charge on any atom is 0.417 e. The van der Waals surface area contributed by atoms with Crippen LogP contribution >= 0.6 is 0 Å². The minimum atomic E-state index is -4.74. The maximum absolute atomic E-state index is 13.8. The molecule has 0 amide bonds. The third-order valence-electron chi connectivity index (χ3n) is 4.11. The molecule has 0 unspecified atom stereocenters. The van der Waals surface area contributed by atoms with Gasteiger partial charge in [-0.3, -0.25) is 0 Å². The maximum atomic E-state index is 13.8. The van der Waals surface area contributed by atoms with Crippen LogP contribution < -0.4 is 4.74 Å². The third-order valence-corrected chi connectivity index (χ3v) is 4.11. The van der Waals surface area contributed by atoms with E-state index in [2.05, 4.69) is 4.74 Å². The summed E-state index contributed by atoms with van der Waals surface area (Å²) in [5.41, 5.74) is -0.677. The van der Waals surface area contributed by atoms with Gasteiger partial charge in [0.25, 0.3) is 0 Å². The van der Waals surface area contributed by atoms with Crippen LogP contribution in [0.15, 0.2) is 18.2 Å². The molecule has 1 rings (SSSR count). The highest BCUT2D eigenvalue weighted by Gasteiger charge is 2.39. The van der Waals surface area contributed by atoms with Crippen molar-refractivity contribution in [1.29, 1.82) is 0 Å². The van der Waals surface area contributed by atoms with Gasteiger partial charge in [-0.25, -0.2) is 4.79 Å². The Labute approximate surface area is 159 Å². The van der Waals surface area contributed by atoms with Gasteiger partial charge in [-0.2, -0.15) is 13.2 Å². The van der Waals surface area contributed by atoms with E-state index in [1.807, 2.05) is 47.6 Å². The molecule has 0 N–H and O–H groups in total. The molecule has 0 saturated heterocycles. The van der Waals surface area contributed by atoms with Crippen LogP contribution in [0.25, 0.3) is 5.57 Å². The first-order chi connectivity index (χ1) is 12.1. The smallest absolute Gasteiger partial charge is 0.417 e. The standard InChI is InChI=1S/C21H29F3O3/c1-9-27-18-14(15(21(22,23)24)12-17(25)26-8)10-13(19(2,3)4)11-16(18)20(5,6)7/h10-12H,9H2,1-8H3/b15-12-. The van der Waals surface area contributed by atoms with Crippen molar-refractivity contribution in [2.24, 2.45) is 0 Å². The van der Waals surface area contributed by atoms with Crippen molar-refractivity contribution in [3.05, 3.63) is 34.9 Å². The Morgan fingerprint density at radius 3 is 1.96 bits per heavy atom. The Kier molecular flexibility index (Phi) is 6.79. The van der Waals surface area contributed by atoms with E-state index in [1.165, 1.54) is 6.07 Å². The van der Waals surface area contributed by atoms with Crippen LogP contribution in [0, 0.1) is 0 Å². The van der Waals surface area contributed by atoms with Crippen molar-refractivity contribution in [3.8, 4) is 5.75 Å². The molecule has 1 aromatic carbocycles. The van der Waals surface area contributed by atoms with Crippen LogP contribution in [0.1, 0.15) is 65.2 Å². The summed E-state index contributed by atoms with van der Waals surface area (Å²) in [4.78, 5) is 11.6. The number of rotatable bonds is 4. The zero-order valence-electron chi connectivity index (χ0n) is 17.3. The Bertz CT molecular complexity index is 718. The molecule has 0 saturated carbocycles. The van der Waals surface area contributed by atoms with Crippen LogP contribution in [0.4, 0.5) is 13.2 Å². The predicted molar refractivity (Wildman–Crippen MR) is 101 cm³/mol. The molecule has 152 valence electrons. The van der Waals surface area contributed by atoms with E-state index in [0.717, 1.165) is 12.7 Å². The fourth-order valence-electron chi connectivity index (χ4n) is 2.61. The average Bonchev–Trinajstić information content (AvgIpc) is 2.49. The zero-order valence-corrected chi connectivity index (χ0v) is 17.3. The third kappa shape index (κ3) is 5.75. The normalized spacial score (nSPS) is 13.5. The van der Waals surface area contributed by atoms with Gasteiger partial charge in [0.1, 0.15) is 5.75 Å². The van der Waals surface area contributed by atoms with Crippen LogP contribution in [0.3, 0.4) is 0 Å². The second kappa shape index (κ2) is 7.95. The Morgan fingerprint density at radius 2 is 1.59 bits per heavy atom. The molecule has 0 aliphatic heterocycles. The van der Waals surface area contributed by atoms with E-state index in [-0.39, 0.29) is 23.3 Å². The van der Waals surface area contributed by atoms with Crippen molar-refractivity contribution in [3.63, 3.8) is 0 Å². The van der Waals surface area contributed by atoms with E-state index >= 15 is 0 Å². The molecule has 0 bridgehead atoms. The molecule has 0 aliphatic rings. The largest absolute Gasteiger partial charge is 0.493 e. The topological polar surface area (TPSA) is 35.5 Å². The lowest BCUT2D eigenvalue weighted by Crippen LogP contribution is -2.21. The molecule has 0 spiro atoms. The van der Waals surface area contributed by atoms with Gasteiger partial charge in [0.2, 0.25) is 0 Å². The predicted octanol–water partition coefficient (Wildman–Crippen LogP) is 5.80. The number of halogens is 3. The second-order valence-electron chi connectivity index (χ2n) is 8.41. The number of carbonyl (C=O) groups excluding carboxylic acids is 1. The first-order valence-corrected chi connectivity index (χ1v) is 8.82. The minimum Gasteiger partial charge on any atom is -0.493 e. The van der Waals surface area contributed by atoms with Crippen molar-refractivity contribution in [2.75, 3.05) is 13.7 Å². The Balaban J connectivity index is 4.01. The second-order valence-corrected chi connectivity index (χ2v) is 8.41. The van der Waals surface area contributed by atoms with Crippen molar-refractivity contribution < 1.29 is 27.4 Å². The van der Waals surface area contributed by atoms with Crippen molar-refractivity contribution >= 4 is 11.5 Å². The van der Waals surface area contributed by atoms with Crippen LogP contribution in [-0.4, -0.2) is 25.9 Å². The van der Waals surface area contributed by atoms with Gasteiger partial charge >= 0.3 is 12.1 Å². The summed E-state index contributed by atoms with van der Waals surface area (Å²) >= 11 is 0. The van der Waals surface area contributed by atoms with E-state index in [9.17, 15) is 18.0 Å². The van der Waals surface area contributed by atoms with Gasteiger partial charge in [0.15, 0.2) is 0 Å². The molecule has 1 aromatic rings. The summed E-state index contributed by atoms with van der Waals surface area (Å²) < 4.78 is 51.6. The van der Waals surface area contributed by atoms with E-state index in [1.54, 1.807) is 6.92 Å². The monoisotopic (exact) mass is 386 g/mol. The summed E-state index contributed by atoms with van der Waals surface area (Å²) in [6, 6.07) is 3.35. The molecule has 0 aromatic heterocycles. The Morgan fingerprint density at radius 1 is 1.04 bits per heavy atom. The average molecular weight is 386 g/mol. The first-order valence-electron chi connectivity index (χ1n) is 8.82. The highest BCUT2D eigenvalue weighted by Crippen LogP contribution is 2.45. The molecule has 3 nitrogen and oxygen atoms in total. The number of alkyl halides is 3.